The number of benzene rings is 1. The van der Waals surface area contributed by atoms with Crippen LogP contribution in [0.3, 0.4) is 0 Å². The van der Waals surface area contributed by atoms with Crippen LogP contribution in [0.25, 0.3) is 0 Å². The summed E-state index contributed by atoms with van der Waals surface area (Å²) in [5.74, 6) is 4.10. The predicted octanol–water partition coefficient (Wildman–Crippen LogP) is 3.19. The van der Waals surface area contributed by atoms with Crippen molar-refractivity contribution in [3.05, 3.63) is 47.1 Å². The summed E-state index contributed by atoms with van der Waals surface area (Å²) in [5.41, 5.74) is 2.63. The van der Waals surface area contributed by atoms with Gasteiger partial charge in [0.05, 0.1) is 5.75 Å². The molecule has 0 amide bonds. The Morgan fingerprint density at radius 2 is 2.24 bits per heavy atom. The molecule has 1 aromatic heterocycles. The average molecular weight is 303 g/mol. The van der Waals surface area contributed by atoms with Crippen molar-refractivity contribution in [3.8, 4) is 0 Å². The lowest BCUT2D eigenvalue weighted by Crippen LogP contribution is -2.30. The first-order valence-electron chi connectivity index (χ1n) is 7.45. The Kier molecular flexibility index (Phi) is 4.60. The molecule has 21 heavy (non-hydrogen) atoms. The molecule has 2 heterocycles. The molecule has 2 aromatic rings. The molecule has 0 saturated carbocycles. The number of thioether (sulfide) groups is 1. The van der Waals surface area contributed by atoms with Gasteiger partial charge in [-0.05, 0) is 29.2 Å². The second kappa shape index (κ2) is 6.62. The minimum Gasteiger partial charge on any atom is -0.337 e. The molecule has 0 fully saturated rings. The van der Waals surface area contributed by atoms with Gasteiger partial charge in [-0.3, -0.25) is 0 Å². The van der Waals surface area contributed by atoms with Gasteiger partial charge in [-0.2, -0.15) is 16.7 Å². The molecule has 5 heteroatoms. The van der Waals surface area contributed by atoms with E-state index in [9.17, 15) is 0 Å². The van der Waals surface area contributed by atoms with Crippen LogP contribution in [0.15, 0.2) is 28.8 Å². The fraction of sp³-hybridized carbons (Fsp3) is 0.500. The number of nitrogens with one attached hydrogen (secondary N) is 1. The maximum atomic E-state index is 5.48. The molecular weight excluding hydrogens is 282 g/mol. The van der Waals surface area contributed by atoms with Crippen LogP contribution < -0.4 is 5.32 Å². The summed E-state index contributed by atoms with van der Waals surface area (Å²) in [7, 11) is 0. The molecule has 0 saturated heterocycles. The Balaban J connectivity index is 1.72. The number of fused-ring (bicyclic) bond motifs is 1. The van der Waals surface area contributed by atoms with E-state index in [1.807, 2.05) is 11.8 Å². The summed E-state index contributed by atoms with van der Waals surface area (Å²) in [6, 6.07) is 8.51. The Morgan fingerprint density at radius 3 is 3.10 bits per heavy atom. The zero-order valence-corrected chi connectivity index (χ0v) is 13.3. The van der Waals surface area contributed by atoms with Gasteiger partial charge in [-0.1, -0.05) is 43.3 Å². The van der Waals surface area contributed by atoms with Crippen molar-refractivity contribution < 1.29 is 4.52 Å². The minimum atomic E-state index is 0.0336. The Bertz CT molecular complexity index is 597. The van der Waals surface area contributed by atoms with Crippen LogP contribution >= 0.6 is 11.8 Å². The van der Waals surface area contributed by atoms with Gasteiger partial charge in [0, 0.05) is 6.54 Å². The first-order chi connectivity index (χ1) is 10.2. The molecule has 112 valence electrons. The van der Waals surface area contributed by atoms with Crippen LogP contribution in [-0.2, 0) is 12.2 Å². The van der Waals surface area contributed by atoms with E-state index >= 15 is 0 Å². The third kappa shape index (κ3) is 3.47. The number of nitrogens with zero attached hydrogens (tertiary/aromatic N) is 2. The SMILES string of the molecule is CC(C)CSCc1noc(C2NCCc3ccccc32)n1. The highest BCUT2D eigenvalue weighted by Crippen LogP contribution is 2.27. The van der Waals surface area contributed by atoms with Gasteiger partial charge in [-0.25, -0.2) is 0 Å². The van der Waals surface area contributed by atoms with Crippen molar-refractivity contribution in [2.24, 2.45) is 5.92 Å². The van der Waals surface area contributed by atoms with E-state index in [0.717, 1.165) is 30.3 Å². The van der Waals surface area contributed by atoms with Gasteiger partial charge in [0.1, 0.15) is 6.04 Å². The standard InChI is InChI=1S/C16H21N3OS/c1-11(2)9-21-10-14-18-16(20-19-14)15-13-6-4-3-5-12(13)7-8-17-15/h3-6,11,15,17H,7-10H2,1-2H3. The monoisotopic (exact) mass is 303 g/mol. The van der Waals surface area contributed by atoms with Crippen LogP contribution in [-0.4, -0.2) is 22.4 Å². The first-order valence-corrected chi connectivity index (χ1v) is 8.61. The van der Waals surface area contributed by atoms with Gasteiger partial charge in [-0.15, -0.1) is 0 Å². The van der Waals surface area contributed by atoms with E-state index < -0.39 is 0 Å². The maximum Gasteiger partial charge on any atom is 0.248 e. The van der Waals surface area contributed by atoms with E-state index in [4.69, 9.17) is 4.52 Å². The number of hydrogen-bond donors (Lipinski definition) is 1. The van der Waals surface area contributed by atoms with E-state index in [1.54, 1.807) is 0 Å². The fourth-order valence-electron chi connectivity index (χ4n) is 2.55. The molecule has 4 nitrogen and oxygen atoms in total. The highest BCUT2D eigenvalue weighted by atomic mass is 32.2. The summed E-state index contributed by atoms with van der Waals surface area (Å²) >= 11 is 1.85. The van der Waals surface area contributed by atoms with Crippen LogP contribution in [0.5, 0.6) is 0 Å². The summed E-state index contributed by atoms with van der Waals surface area (Å²) in [5, 5.41) is 7.59. The zero-order chi connectivity index (χ0) is 14.7. The molecule has 3 rings (SSSR count). The summed E-state index contributed by atoms with van der Waals surface area (Å²) in [4.78, 5) is 4.57. The lowest BCUT2D eigenvalue weighted by molar-refractivity contribution is 0.341. The topological polar surface area (TPSA) is 51.0 Å². The molecule has 0 spiro atoms. The van der Waals surface area contributed by atoms with E-state index in [1.165, 1.54) is 11.1 Å². The lowest BCUT2D eigenvalue weighted by atomic mass is 9.94. The highest BCUT2D eigenvalue weighted by molar-refractivity contribution is 7.98. The summed E-state index contributed by atoms with van der Waals surface area (Å²) in [6.07, 6.45) is 1.05. The van der Waals surface area contributed by atoms with Gasteiger partial charge in [0.25, 0.3) is 0 Å². The Labute approximate surface area is 129 Å². The zero-order valence-electron chi connectivity index (χ0n) is 12.5. The van der Waals surface area contributed by atoms with Crippen LogP contribution in [0.2, 0.25) is 0 Å². The molecule has 0 bridgehead atoms. The van der Waals surface area contributed by atoms with Gasteiger partial charge >= 0.3 is 0 Å². The number of hydrogen-bond acceptors (Lipinski definition) is 5. The van der Waals surface area contributed by atoms with Crippen molar-refractivity contribution in [1.82, 2.24) is 15.5 Å². The molecule has 1 atom stereocenters. The van der Waals surface area contributed by atoms with Crippen molar-refractivity contribution >= 4 is 11.8 Å². The molecular formula is C16H21N3OS. The highest BCUT2D eigenvalue weighted by Gasteiger charge is 2.25. The van der Waals surface area contributed by atoms with E-state index in [2.05, 4.69) is 53.6 Å². The molecule has 1 unspecified atom stereocenters. The predicted molar refractivity (Wildman–Crippen MR) is 85.3 cm³/mol. The maximum absolute atomic E-state index is 5.48. The molecule has 1 aliphatic rings. The largest absolute Gasteiger partial charge is 0.337 e. The lowest BCUT2D eigenvalue weighted by Gasteiger charge is -2.23. The Hall–Kier alpha value is -1.33. The molecule has 1 N–H and O–H groups in total. The van der Waals surface area contributed by atoms with Crippen LogP contribution in [0.1, 0.15) is 42.7 Å². The minimum absolute atomic E-state index is 0.0336. The van der Waals surface area contributed by atoms with E-state index in [-0.39, 0.29) is 6.04 Å². The second-order valence-corrected chi connectivity index (χ2v) is 6.82. The van der Waals surface area contributed by atoms with Crippen LogP contribution in [0, 0.1) is 5.92 Å². The third-order valence-electron chi connectivity index (χ3n) is 3.52. The number of aromatic nitrogens is 2. The fourth-order valence-corrected chi connectivity index (χ4v) is 3.44. The molecule has 0 aliphatic carbocycles. The quantitative estimate of drug-likeness (QED) is 0.919. The molecule has 0 radical (unpaired) electrons. The first kappa shape index (κ1) is 14.6. The summed E-state index contributed by atoms with van der Waals surface area (Å²) < 4.78 is 5.48. The van der Waals surface area contributed by atoms with Crippen molar-refractivity contribution in [2.45, 2.75) is 32.1 Å². The average Bonchev–Trinajstić information content (AvgIpc) is 2.95. The number of rotatable bonds is 5. The third-order valence-corrected chi connectivity index (χ3v) is 4.89. The second-order valence-electron chi connectivity index (χ2n) is 5.79. The normalized spacial score (nSPS) is 18.0. The molecule has 1 aromatic carbocycles. The molecule has 1 aliphatic heterocycles. The summed E-state index contributed by atoms with van der Waals surface area (Å²) in [6.45, 7) is 5.39. The van der Waals surface area contributed by atoms with Gasteiger partial charge in [0.15, 0.2) is 5.82 Å². The smallest absolute Gasteiger partial charge is 0.248 e. The van der Waals surface area contributed by atoms with Crippen molar-refractivity contribution in [1.29, 1.82) is 0 Å². The van der Waals surface area contributed by atoms with E-state index in [0.29, 0.717) is 11.8 Å². The van der Waals surface area contributed by atoms with Crippen molar-refractivity contribution in [3.63, 3.8) is 0 Å². The Morgan fingerprint density at radius 1 is 1.38 bits per heavy atom. The van der Waals surface area contributed by atoms with Gasteiger partial charge < -0.3 is 9.84 Å². The van der Waals surface area contributed by atoms with Crippen LogP contribution in [0.4, 0.5) is 0 Å². The van der Waals surface area contributed by atoms with Crippen molar-refractivity contribution in [2.75, 3.05) is 12.3 Å². The van der Waals surface area contributed by atoms with Gasteiger partial charge in [0.2, 0.25) is 5.89 Å².